The van der Waals surface area contributed by atoms with E-state index in [9.17, 15) is 4.79 Å². The van der Waals surface area contributed by atoms with Gasteiger partial charge in [-0.05, 0) is 35.6 Å². The van der Waals surface area contributed by atoms with E-state index in [1.54, 1.807) is 12.3 Å². The molecule has 0 radical (unpaired) electrons. The van der Waals surface area contributed by atoms with Crippen molar-refractivity contribution in [1.29, 1.82) is 0 Å². The molecule has 0 aliphatic heterocycles. The van der Waals surface area contributed by atoms with E-state index < -0.39 is 5.97 Å². The molecule has 6 heteroatoms. The molecule has 2 aromatic rings. The van der Waals surface area contributed by atoms with Crippen LogP contribution in [0, 0.1) is 5.41 Å². The van der Waals surface area contributed by atoms with Crippen molar-refractivity contribution in [3.05, 3.63) is 71.7 Å². The average Bonchev–Trinajstić information content (AvgIpc) is 2.60. The number of carbonyl (C=O) groups is 1. The molecule has 1 aromatic heterocycles. The molecule has 2 rings (SSSR count). The maximum absolute atomic E-state index is 12.6. The largest absolute Gasteiger partial charge is 0.457 e. The minimum absolute atomic E-state index is 0.0413. The number of anilines is 1. The molecule has 0 atom stereocenters. The molecule has 0 bridgehead atoms. The smallest absolute Gasteiger partial charge is 0.342 e. The zero-order valence-electron chi connectivity index (χ0n) is 15.3. The van der Waals surface area contributed by atoms with Crippen molar-refractivity contribution in [2.75, 3.05) is 5.32 Å². The van der Waals surface area contributed by atoms with Crippen LogP contribution >= 0.6 is 0 Å². The number of aromatic nitrogens is 1. The third-order valence-electron chi connectivity index (χ3n) is 3.48. The van der Waals surface area contributed by atoms with Crippen LogP contribution in [0.15, 0.2) is 55.1 Å². The molecule has 2 N–H and O–H groups in total. The molecular weight excluding hydrogens is 332 g/mol. The van der Waals surface area contributed by atoms with Crippen molar-refractivity contribution in [1.82, 2.24) is 4.98 Å². The molecule has 6 nitrogen and oxygen atoms in total. The van der Waals surface area contributed by atoms with Crippen LogP contribution in [-0.4, -0.2) is 16.2 Å². The van der Waals surface area contributed by atoms with Gasteiger partial charge in [0.15, 0.2) is 0 Å². The zero-order chi connectivity index (χ0) is 19.2. The van der Waals surface area contributed by atoms with Crippen LogP contribution in [0.25, 0.3) is 0 Å². The van der Waals surface area contributed by atoms with E-state index in [0.717, 1.165) is 17.5 Å². The first-order chi connectivity index (χ1) is 12.3. The first-order valence-electron chi connectivity index (χ1n) is 8.26. The Balaban J connectivity index is 2.23. The molecule has 0 spiro atoms. The number of benzene rings is 1. The van der Waals surface area contributed by atoms with Gasteiger partial charge in [-0.25, -0.2) is 15.0 Å². The molecule has 26 heavy (non-hydrogen) atoms. The second-order valence-electron chi connectivity index (χ2n) is 7.18. The van der Waals surface area contributed by atoms with E-state index in [4.69, 9.17) is 9.99 Å². The van der Waals surface area contributed by atoms with E-state index in [-0.39, 0.29) is 29.3 Å². The molecule has 0 fully saturated rings. The standard InChI is InChI=1S/C20H24N2O4/c1-14(26-24)22-18-17(10-16(12-21-18)11-20(2,3)4)19(23)25-13-15-8-6-5-7-9-15/h5-10,12,24H,1,11,13H2,2-4H3,(H,21,22). The SMILES string of the molecule is C=C(Nc1ncc(CC(C)(C)C)cc1C(=O)OCc1ccccc1)OO. The Morgan fingerprint density at radius 1 is 1.23 bits per heavy atom. The number of nitrogens with zero attached hydrogens (tertiary/aromatic N) is 1. The predicted octanol–water partition coefficient (Wildman–Crippen LogP) is 4.40. The third kappa shape index (κ3) is 5.89. The van der Waals surface area contributed by atoms with Gasteiger partial charge in [-0.1, -0.05) is 51.1 Å². The minimum atomic E-state index is -0.523. The Kier molecular flexibility index (Phi) is 6.36. The van der Waals surface area contributed by atoms with Crippen LogP contribution in [-0.2, 0) is 22.7 Å². The number of carbonyl (C=O) groups excluding carboxylic acids is 1. The van der Waals surface area contributed by atoms with Crippen molar-refractivity contribution in [3.63, 3.8) is 0 Å². The first kappa shape index (κ1) is 19.5. The highest BCUT2D eigenvalue weighted by Gasteiger charge is 2.19. The van der Waals surface area contributed by atoms with Crippen LogP contribution in [0.5, 0.6) is 0 Å². The lowest BCUT2D eigenvalue weighted by Gasteiger charge is -2.19. The lowest BCUT2D eigenvalue weighted by molar-refractivity contribution is -0.200. The molecule has 0 unspecified atom stereocenters. The number of hydrogen-bond donors (Lipinski definition) is 2. The Hall–Kier alpha value is -2.86. The molecular formula is C20H24N2O4. The first-order valence-corrected chi connectivity index (χ1v) is 8.26. The maximum Gasteiger partial charge on any atom is 0.342 e. The second-order valence-corrected chi connectivity index (χ2v) is 7.18. The summed E-state index contributed by atoms with van der Waals surface area (Å²) in [5.74, 6) is -0.455. The molecule has 0 aliphatic carbocycles. The number of pyridine rings is 1. The highest BCUT2D eigenvalue weighted by molar-refractivity contribution is 5.95. The molecule has 1 heterocycles. The summed E-state index contributed by atoms with van der Waals surface area (Å²) in [6, 6.07) is 11.1. The van der Waals surface area contributed by atoms with Gasteiger partial charge in [0.2, 0.25) is 5.88 Å². The van der Waals surface area contributed by atoms with E-state index in [0.29, 0.717) is 0 Å². The molecule has 0 aliphatic rings. The molecule has 1 aromatic carbocycles. The summed E-state index contributed by atoms with van der Waals surface area (Å²) in [7, 11) is 0. The van der Waals surface area contributed by atoms with Crippen LogP contribution < -0.4 is 5.32 Å². The Morgan fingerprint density at radius 3 is 2.54 bits per heavy atom. The van der Waals surface area contributed by atoms with Gasteiger partial charge in [0.1, 0.15) is 18.0 Å². The van der Waals surface area contributed by atoms with E-state index in [2.05, 4.69) is 42.5 Å². The van der Waals surface area contributed by atoms with Crippen molar-refractivity contribution >= 4 is 11.8 Å². The van der Waals surface area contributed by atoms with Crippen molar-refractivity contribution < 1.29 is 19.7 Å². The van der Waals surface area contributed by atoms with E-state index in [1.807, 2.05) is 30.3 Å². The van der Waals surface area contributed by atoms with Crippen LogP contribution in [0.3, 0.4) is 0 Å². The number of hydrogen-bond acceptors (Lipinski definition) is 6. The van der Waals surface area contributed by atoms with Gasteiger partial charge in [-0.3, -0.25) is 0 Å². The Labute approximate surface area is 153 Å². The summed E-state index contributed by atoms with van der Waals surface area (Å²) < 4.78 is 5.40. The van der Waals surface area contributed by atoms with Gasteiger partial charge in [0, 0.05) is 6.20 Å². The summed E-state index contributed by atoms with van der Waals surface area (Å²) in [4.78, 5) is 20.9. The number of esters is 1. The lowest BCUT2D eigenvalue weighted by Crippen LogP contribution is -2.15. The predicted molar refractivity (Wildman–Crippen MR) is 99.4 cm³/mol. The fourth-order valence-electron chi connectivity index (χ4n) is 2.43. The second kappa shape index (κ2) is 8.49. The van der Waals surface area contributed by atoms with Crippen LogP contribution in [0.4, 0.5) is 5.82 Å². The van der Waals surface area contributed by atoms with Crippen molar-refractivity contribution in [3.8, 4) is 0 Å². The summed E-state index contributed by atoms with van der Waals surface area (Å²) in [5, 5.41) is 11.3. The average molecular weight is 356 g/mol. The van der Waals surface area contributed by atoms with E-state index in [1.165, 1.54) is 0 Å². The van der Waals surface area contributed by atoms with Gasteiger partial charge in [0.25, 0.3) is 0 Å². The highest BCUT2D eigenvalue weighted by atomic mass is 17.1. The highest BCUT2D eigenvalue weighted by Crippen LogP contribution is 2.24. The van der Waals surface area contributed by atoms with Crippen LogP contribution in [0.2, 0.25) is 0 Å². The quantitative estimate of drug-likeness (QED) is 0.331. The van der Waals surface area contributed by atoms with Gasteiger partial charge in [-0.15, -0.1) is 0 Å². The zero-order valence-corrected chi connectivity index (χ0v) is 15.3. The monoisotopic (exact) mass is 356 g/mol. The number of rotatable bonds is 7. The fraction of sp³-hybridized carbons (Fsp3) is 0.300. The normalized spacial score (nSPS) is 10.9. The molecule has 0 saturated carbocycles. The minimum Gasteiger partial charge on any atom is -0.457 e. The van der Waals surface area contributed by atoms with Crippen molar-refractivity contribution in [2.45, 2.75) is 33.8 Å². The number of nitrogens with one attached hydrogen (secondary N) is 1. The van der Waals surface area contributed by atoms with Crippen molar-refractivity contribution in [2.24, 2.45) is 5.41 Å². The van der Waals surface area contributed by atoms with E-state index >= 15 is 0 Å². The topological polar surface area (TPSA) is 80.7 Å². The molecule has 138 valence electrons. The van der Waals surface area contributed by atoms with Crippen LogP contribution in [0.1, 0.15) is 42.3 Å². The maximum atomic E-state index is 12.6. The summed E-state index contributed by atoms with van der Waals surface area (Å²) in [6.07, 6.45) is 2.42. The lowest BCUT2D eigenvalue weighted by atomic mass is 9.88. The molecule has 0 saturated heterocycles. The Bertz CT molecular complexity index is 767. The fourth-order valence-corrected chi connectivity index (χ4v) is 2.43. The summed E-state index contributed by atoms with van der Waals surface area (Å²) in [5.41, 5.74) is 2.09. The van der Waals surface area contributed by atoms with Gasteiger partial charge >= 0.3 is 5.97 Å². The number of ether oxygens (including phenoxy) is 1. The van der Waals surface area contributed by atoms with Gasteiger partial charge in [-0.2, -0.15) is 0 Å². The summed E-state index contributed by atoms with van der Waals surface area (Å²) >= 11 is 0. The third-order valence-corrected chi connectivity index (χ3v) is 3.48. The van der Waals surface area contributed by atoms with Gasteiger partial charge in [0.05, 0.1) is 0 Å². The Morgan fingerprint density at radius 2 is 1.92 bits per heavy atom. The molecule has 0 amide bonds. The van der Waals surface area contributed by atoms with Gasteiger partial charge < -0.3 is 14.9 Å². The summed E-state index contributed by atoms with van der Waals surface area (Å²) in [6.45, 7) is 9.94.